The Morgan fingerprint density at radius 3 is 2.71 bits per heavy atom. The van der Waals surface area contributed by atoms with Crippen molar-refractivity contribution in [3.8, 4) is 5.75 Å². The highest BCUT2D eigenvalue weighted by Gasteiger charge is 2.09. The minimum atomic E-state index is -0.422. The Balaban J connectivity index is 2.45. The number of hydrogen-bond donors (Lipinski definition) is 0. The minimum Gasteiger partial charge on any atom is -0.480 e. The van der Waals surface area contributed by atoms with Gasteiger partial charge in [-0.15, -0.1) is 0 Å². The molecule has 0 heterocycles. The SMILES string of the molecule is CC(C)COC(=O)COc1cccc(Cl)c1Cl. The van der Waals surface area contributed by atoms with Gasteiger partial charge < -0.3 is 9.47 Å². The summed E-state index contributed by atoms with van der Waals surface area (Å²) in [6.07, 6.45) is 0. The molecule has 0 amide bonds. The lowest BCUT2D eigenvalue weighted by Gasteiger charge is -2.09. The fourth-order valence-corrected chi connectivity index (χ4v) is 1.38. The van der Waals surface area contributed by atoms with Crippen LogP contribution in [0, 0.1) is 5.92 Å². The summed E-state index contributed by atoms with van der Waals surface area (Å²) in [5, 5.41) is 0.686. The first-order valence-electron chi connectivity index (χ1n) is 5.23. The fraction of sp³-hybridized carbons (Fsp3) is 0.417. The molecule has 0 saturated heterocycles. The molecule has 0 radical (unpaired) electrons. The Labute approximate surface area is 111 Å². The quantitative estimate of drug-likeness (QED) is 0.772. The molecular weight excluding hydrogens is 263 g/mol. The highest BCUT2D eigenvalue weighted by atomic mass is 35.5. The van der Waals surface area contributed by atoms with E-state index in [1.807, 2.05) is 13.8 Å². The van der Waals surface area contributed by atoms with Gasteiger partial charge in [0.25, 0.3) is 0 Å². The number of ether oxygens (including phenoxy) is 2. The maximum absolute atomic E-state index is 11.3. The lowest BCUT2D eigenvalue weighted by atomic mass is 10.2. The van der Waals surface area contributed by atoms with E-state index in [1.54, 1.807) is 18.2 Å². The van der Waals surface area contributed by atoms with Crippen LogP contribution in [0.4, 0.5) is 0 Å². The van der Waals surface area contributed by atoms with Crippen molar-refractivity contribution in [1.82, 2.24) is 0 Å². The molecule has 1 aromatic rings. The zero-order valence-corrected chi connectivity index (χ0v) is 11.2. The number of benzene rings is 1. The number of halogens is 2. The molecule has 1 rings (SSSR count). The molecule has 0 bridgehead atoms. The third-order valence-corrected chi connectivity index (χ3v) is 2.64. The van der Waals surface area contributed by atoms with Gasteiger partial charge in [0.05, 0.1) is 11.6 Å². The molecule has 0 aliphatic rings. The van der Waals surface area contributed by atoms with Crippen molar-refractivity contribution in [3.05, 3.63) is 28.2 Å². The summed E-state index contributed by atoms with van der Waals surface area (Å²) >= 11 is 11.7. The third-order valence-electron chi connectivity index (χ3n) is 1.84. The van der Waals surface area contributed by atoms with Gasteiger partial charge in [-0.05, 0) is 18.1 Å². The van der Waals surface area contributed by atoms with E-state index in [1.165, 1.54) is 0 Å². The molecule has 0 N–H and O–H groups in total. The highest BCUT2D eigenvalue weighted by Crippen LogP contribution is 2.31. The number of carbonyl (C=O) groups excluding carboxylic acids is 1. The Kier molecular flexibility index (Phi) is 5.59. The van der Waals surface area contributed by atoms with E-state index in [2.05, 4.69) is 0 Å². The molecule has 94 valence electrons. The standard InChI is InChI=1S/C12H14Cl2O3/c1-8(2)6-17-11(15)7-16-10-5-3-4-9(13)12(10)14/h3-5,8H,6-7H2,1-2H3. The largest absolute Gasteiger partial charge is 0.480 e. The van der Waals surface area contributed by atoms with Gasteiger partial charge in [0, 0.05) is 0 Å². The van der Waals surface area contributed by atoms with Gasteiger partial charge in [-0.1, -0.05) is 43.1 Å². The molecule has 0 saturated carbocycles. The van der Waals surface area contributed by atoms with Gasteiger partial charge in [0.2, 0.25) is 0 Å². The molecule has 17 heavy (non-hydrogen) atoms. The summed E-state index contributed by atoms with van der Waals surface area (Å²) in [6, 6.07) is 4.99. The second-order valence-electron chi connectivity index (χ2n) is 3.92. The topological polar surface area (TPSA) is 35.5 Å². The molecule has 0 unspecified atom stereocenters. The average molecular weight is 277 g/mol. The van der Waals surface area contributed by atoms with Crippen LogP contribution in [0.1, 0.15) is 13.8 Å². The zero-order chi connectivity index (χ0) is 12.8. The number of rotatable bonds is 5. The molecule has 1 aromatic carbocycles. The smallest absolute Gasteiger partial charge is 0.344 e. The predicted octanol–water partition coefficient (Wildman–Crippen LogP) is 3.57. The normalized spacial score (nSPS) is 10.4. The molecule has 0 aliphatic carbocycles. The molecule has 0 fully saturated rings. The van der Waals surface area contributed by atoms with Gasteiger partial charge in [-0.3, -0.25) is 0 Å². The lowest BCUT2D eigenvalue weighted by Crippen LogP contribution is -2.17. The van der Waals surface area contributed by atoms with Gasteiger partial charge in [-0.25, -0.2) is 4.79 Å². The molecule has 3 nitrogen and oxygen atoms in total. The van der Waals surface area contributed by atoms with E-state index in [0.717, 1.165) is 0 Å². The summed E-state index contributed by atoms with van der Waals surface area (Å²) in [7, 11) is 0. The van der Waals surface area contributed by atoms with Crippen molar-refractivity contribution >= 4 is 29.2 Å². The van der Waals surface area contributed by atoms with Crippen LogP contribution in [0.5, 0.6) is 5.75 Å². The molecule has 0 spiro atoms. The van der Waals surface area contributed by atoms with Crippen LogP contribution in [0.15, 0.2) is 18.2 Å². The van der Waals surface area contributed by atoms with Crippen molar-refractivity contribution < 1.29 is 14.3 Å². The number of carbonyl (C=O) groups is 1. The molecule has 0 aliphatic heterocycles. The van der Waals surface area contributed by atoms with Crippen molar-refractivity contribution in [1.29, 1.82) is 0 Å². The minimum absolute atomic E-state index is 0.174. The summed E-state index contributed by atoms with van der Waals surface area (Å²) in [6.45, 7) is 4.13. The summed E-state index contributed by atoms with van der Waals surface area (Å²) in [4.78, 5) is 11.3. The Morgan fingerprint density at radius 2 is 2.06 bits per heavy atom. The zero-order valence-electron chi connectivity index (χ0n) is 9.70. The van der Waals surface area contributed by atoms with Crippen LogP contribution in [0.25, 0.3) is 0 Å². The summed E-state index contributed by atoms with van der Waals surface area (Å²) < 4.78 is 10.2. The first-order chi connectivity index (χ1) is 8.00. The van der Waals surface area contributed by atoms with Gasteiger partial charge in [0.1, 0.15) is 10.8 Å². The number of hydrogen-bond acceptors (Lipinski definition) is 3. The van der Waals surface area contributed by atoms with Gasteiger partial charge in [-0.2, -0.15) is 0 Å². The maximum atomic E-state index is 11.3. The van der Waals surface area contributed by atoms with Crippen LogP contribution < -0.4 is 4.74 Å². The summed E-state index contributed by atoms with van der Waals surface area (Å²) in [5.41, 5.74) is 0. The van der Waals surface area contributed by atoms with Crippen molar-refractivity contribution in [3.63, 3.8) is 0 Å². The first-order valence-corrected chi connectivity index (χ1v) is 5.98. The van der Waals surface area contributed by atoms with Gasteiger partial charge in [0.15, 0.2) is 6.61 Å². The van der Waals surface area contributed by atoms with Crippen molar-refractivity contribution in [2.75, 3.05) is 13.2 Å². The monoisotopic (exact) mass is 276 g/mol. The van der Waals surface area contributed by atoms with Crippen LogP contribution in [-0.4, -0.2) is 19.2 Å². The second-order valence-corrected chi connectivity index (χ2v) is 4.70. The van der Waals surface area contributed by atoms with Crippen molar-refractivity contribution in [2.24, 2.45) is 5.92 Å². The van der Waals surface area contributed by atoms with E-state index in [0.29, 0.717) is 28.3 Å². The first kappa shape index (κ1) is 14.1. The van der Waals surface area contributed by atoms with Crippen LogP contribution in [0.3, 0.4) is 0 Å². The second kappa shape index (κ2) is 6.72. The maximum Gasteiger partial charge on any atom is 0.344 e. The van der Waals surface area contributed by atoms with E-state index in [9.17, 15) is 4.79 Å². The molecular formula is C12H14Cl2O3. The average Bonchev–Trinajstić information content (AvgIpc) is 2.28. The fourth-order valence-electron chi connectivity index (χ4n) is 1.03. The van der Waals surface area contributed by atoms with Crippen LogP contribution in [-0.2, 0) is 9.53 Å². The predicted molar refractivity (Wildman–Crippen MR) is 67.8 cm³/mol. The van der Waals surface area contributed by atoms with E-state index >= 15 is 0 Å². The van der Waals surface area contributed by atoms with Crippen molar-refractivity contribution in [2.45, 2.75) is 13.8 Å². The molecule has 0 atom stereocenters. The van der Waals surface area contributed by atoms with E-state index in [-0.39, 0.29) is 6.61 Å². The Hall–Kier alpha value is -0.930. The Morgan fingerprint density at radius 1 is 1.35 bits per heavy atom. The van der Waals surface area contributed by atoms with E-state index < -0.39 is 5.97 Å². The Bertz CT molecular complexity index is 391. The van der Waals surface area contributed by atoms with E-state index in [4.69, 9.17) is 32.7 Å². The van der Waals surface area contributed by atoms with Crippen LogP contribution >= 0.6 is 23.2 Å². The lowest BCUT2D eigenvalue weighted by molar-refractivity contribution is -0.147. The highest BCUT2D eigenvalue weighted by molar-refractivity contribution is 6.42. The van der Waals surface area contributed by atoms with Gasteiger partial charge >= 0.3 is 5.97 Å². The molecule has 5 heteroatoms. The third kappa shape index (κ3) is 4.84. The van der Waals surface area contributed by atoms with Crippen LogP contribution in [0.2, 0.25) is 10.0 Å². The summed E-state index contributed by atoms with van der Waals surface area (Å²) in [5.74, 6) is 0.254. The number of esters is 1. The molecule has 0 aromatic heterocycles.